The molecule has 4 nitrogen and oxygen atoms in total. The third-order valence-corrected chi connectivity index (χ3v) is 3.33. The Morgan fingerprint density at radius 3 is 1.90 bits per heavy atom. The number of carbonyl (C=O) groups excluding carboxylic acids is 1. The van der Waals surface area contributed by atoms with Gasteiger partial charge < -0.3 is 4.90 Å². The molecule has 0 unspecified atom stereocenters. The largest absolute Gasteiger partial charge is 0.337 e. The number of rotatable bonds is 11. The van der Waals surface area contributed by atoms with Gasteiger partial charge in [-0.15, -0.1) is 0 Å². The van der Waals surface area contributed by atoms with E-state index in [-0.39, 0.29) is 11.9 Å². The first-order valence-corrected chi connectivity index (χ1v) is 7.89. The molecule has 0 heterocycles. The summed E-state index contributed by atoms with van der Waals surface area (Å²) in [4.78, 5) is 13.5. The highest BCUT2D eigenvalue weighted by Crippen LogP contribution is 2.10. The van der Waals surface area contributed by atoms with Crippen molar-refractivity contribution in [3.63, 3.8) is 0 Å². The molecule has 4 heteroatoms. The number of hydrazine groups is 1. The van der Waals surface area contributed by atoms with Crippen LogP contribution in [0, 0.1) is 0 Å². The van der Waals surface area contributed by atoms with Crippen molar-refractivity contribution < 1.29 is 4.79 Å². The molecule has 0 aliphatic carbocycles. The number of nitrogens with two attached hydrogens (primary N) is 2. The minimum atomic E-state index is 0.0629. The van der Waals surface area contributed by atoms with Crippen molar-refractivity contribution in [3.05, 3.63) is 12.7 Å². The van der Waals surface area contributed by atoms with Crippen LogP contribution in [-0.4, -0.2) is 23.4 Å². The molecular weight excluding hydrogens is 250 g/mol. The summed E-state index contributed by atoms with van der Waals surface area (Å²) in [6, 6.07) is 0.278. The summed E-state index contributed by atoms with van der Waals surface area (Å²) >= 11 is 0. The van der Waals surface area contributed by atoms with Crippen LogP contribution in [0.1, 0.15) is 72.1 Å². The highest BCUT2D eigenvalue weighted by molar-refractivity contribution is 5.87. The fourth-order valence-corrected chi connectivity index (χ4v) is 2.16. The molecule has 0 aromatic heterocycles. The van der Waals surface area contributed by atoms with E-state index in [9.17, 15) is 4.79 Å². The minimum absolute atomic E-state index is 0.0629. The second-order valence-electron chi connectivity index (χ2n) is 5.30. The Morgan fingerprint density at radius 1 is 1.05 bits per heavy atom. The van der Waals surface area contributed by atoms with Crippen LogP contribution in [0.15, 0.2) is 12.7 Å². The monoisotopic (exact) mass is 285 g/mol. The zero-order valence-corrected chi connectivity index (χ0v) is 13.7. The van der Waals surface area contributed by atoms with Crippen molar-refractivity contribution in [1.29, 1.82) is 0 Å². The topological polar surface area (TPSA) is 72.3 Å². The van der Waals surface area contributed by atoms with E-state index < -0.39 is 0 Å². The Bertz CT molecular complexity index is 230. The molecule has 0 aromatic rings. The van der Waals surface area contributed by atoms with Crippen LogP contribution >= 0.6 is 0 Å². The Balaban J connectivity index is 0. The number of carbonyl (C=O) groups is 1. The summed E-state index contributed by atoms with van der Waals surface area (Å²) in [7, 11) is 0. The van der Waals surface area contributed by atoms with Crippen molar-refractivity contribution in [1.82, 2.24) is 4.90 Å². The van der Waals surface area contributed by atoms with Crippen molar-refractivity contribution >= 4 is 5.91 Å². The maximum atomic E-state index is 11.6. The van der Waals surface area contributed by atoms with E-state index in [4.69, 9.17) is 0 Å². The molecule has 1 amide bonds. The van der Waals surface area contributed by atoms with Crippen LogP contribution in [0.5, 0.6) is 0 Å². The summed E-state index contributed by atoms with van der Waals surface area (Å²) < 4.78 is 0. The fraction of sp³-hybridized carbons (Fsp3) is 0.812. The Morgan fingerprint density at radius 2 is 1.50 bits per heavy atom. The molecule has 120 valence electrons. The van der Waals surface area contributed by atoms with Gasteiger partial charge in [0.25, 0.3) is 0 Å². The van der Waals surface area contributed by atoms with Crippen LogP contribution in [0.2, 0.25) is 0 Å². The minimum Gasteiger partial charge on any atom is -0.337 e. The standard InChI is InChI=1S/C16H31NO.H4N2/c1-5-7-8-9-10-11-12-13-14-17(15(3)4)16(18)6-2;1-2/h6,15H,2,5,7-14H2,1,3-4H3;1-2H2. The molecule has 0 bridgehead atoms. The number of nitrogens with zero attached hydrogens (tertiary/aromatic N) is 1. The lowest BCUT2D eigenvalue weighted by molar-refractivity contribution is -0.127. The van der Waals surface area contributed by atoms with Gasteiger partial charge in [-0.25, -0.2) is 0 Å². The molecule has 0 saturated carbocycles. The normalized spacial score (nSPS) is 9.90. The molecule has 20 heavy (non-hydrogen) atoms. The van der Waals surface area contributed by atoms with Gasteiger partial charge in [-0.05, 0) is 26.3 Å². The summed E-state index contributed by atoms with van der Waals surface area (Å²) in [6.07, 6.45) is 11.9. The van der Waals surface area contributed by atoms with Crippen LogP contribution in [0.25, 0.3) is 0 Å². The first-order chi connectivity index (χ1) is 9.63. The van der Waals surface area contributed by atoms with E-state index in [0.717, 1.165) is 13.0 Å². The van der Waals surface area contributed by atoms with Gasteiger partial charge in [-0.1, -0.05) is 58.4 Å². The number of unbranched alkanes of at least 4 members (excludes halogenated alkanes) is 7. The van der Waals surface area contributed by atoms with Gasteiger partial charge in [-0.3, -0.25) is 16.5 Å². The predicted octanol–water partition coefficient (Wildman–Crippen LogP) is 3.37. The van der Waals surface area contributed by atoms with Gasteiger partial charge in [0.1, 0.15) is 0 Å². The van der Waals surface area contributed by atoms with E-state index >= 15 is 0 Å². The predicted molar refractivity (Wildman–Crippen MR) is 88.0 cm³/mol. The molecule has 0 saturated heterocycles. The van der Waals surface area contributed by atoms with Crippen molar-refractivity contribution in [2.24, 2.45) is 11.7 Å². The van der Waals surface area contributed by atoms with Crippen molar-refractivity contribution in [2.75, 3.05) is 6.54 Å². The van der Waals surface area contributed by atoms with E-state index in [2.05, 4.69) is 39.0 Å². The van der Waals surface area contributed by atoms with Gasteiger partial charge in [0.05, 0.1) is 0 Å². The van der Waals surface area contributed by atoms with Gasteiger partial charge >= 0.3 is 0 Å². The highest BCUT2D eigenvalue weighted by atomic mass is 16.2. The third kappa shape index (κ3) is 12.2. The second-order valence-corrected chi connectivity index (χ2v) is 5.30. The number of hydrogen-bond acceptors (Lipinski definition) is 3. The quantitative estimate of drug-likeness (QED) is 0.264. The molecule has 0 rings (SSSR count). The van der Waals surface area contributed by atoms with E-state index in [0.29, 0.717) is 0 Å². The SMILES string of the molecule is C=CC(=O)N(CCCCCCCCCC)C(C)C.NN. The first kappa shape index (κ1) is 21.4. The Hall–Kier alpha value is -0.870. The van der Waals surface area contributed by atoms with E-state index in [1.165, 1.54) is 51.0 Å². The molecule has 0 spiro atoms. The molecule has 0 aliphatic rings. The van der Waals surface area contributed by atoms with Gasteiger partial charge in [0, 0.05) is 12.6 Å². The van der Waals surface area contributed by atoms with E-state index in [1.54, 1.807) is 0 Å². The lowest BCUT2D eigenvalue weighted by atomic mass is 10.1. The smallest absolute Gasteiger partial charge is 0.246 e. The summed E-state index contributed by atoms with van der Waals surface area (Å²) in [5, 5.41) is 0. The molecular formula is C16H35N3O. The van der Waals surface area contributed by atoms with Crippen LogP contribution in [0.3, 0.4) is 0 Å². The van der Waals surface area contributed by atoms with Gasteiger partial charge in [-0.2, -0.15) is 0 Å². The summed E-state index contributed by atoms with van der Waals surface area (Å²) in [5.74, 6) is 8.06. The maximum Gasteiger partial charge on any atom is 0.246 e. The molecule has 0 fully saturated rings. The molecule has 0 atom stereocenters. The average Bonchev–Trinajstić information content (AvgIpc) is 2.46. The zero-order valence-electron chi connectivity index (χ0n) is 13.7. The molecule has 0 radical (unpaired) electrons. The molecule has 0 aliphatic heterocycles. The fourth-order valence-electron chi connectivity index (χ4n) is 2.16. The lowest BCUT2D eigenvalue weighted by Crippen LogP contribution is -2.36. The van der Waals surface area contributed by atoms with Gasteiger partial charge in [0.15, 0.2) is 0 Å². The maximum absolute atomic E-state index is 11.6. The first-order valence-electron chi connectivity index (χ1n) is 7.89. The van der Waals surface area contributed by atoms with Crippen LogP contribution in [0.4, 0.5) is 0 Å². The second kappa shape index (κ2) is 16.2. The third-order valence-electron chi connectivity index (χ3n) is 3.33. The molecule has 4 N–H and O–H groups in total. The summed E-state index contributed by atoms with van der Waals surface area (Å²) in [5.41, 5.74) is 0. The van der Waals surface area contributed by atoms with Crippen LogP contribution in [-0.2, 0) is 4.79 Å². The Kier molecular flexibility index (Phi) is 17.3. The van der Waals surface area contributed by atoms with Crippen LogP contribution < -0.4 is 11.7 Å². The van der Waals surface area contributed by atoms with Gasteiger partial charge in [0.2, 0.25) is 5.91 Å². The van der Waals surface area contributed by atoms with E-state index in [1.807, 2.05) is 4.90 Å². The van der Waals surface area contributed by atoms with Crippen molar-refractivity contribution in [2.45, 2.75) is 78.2 Å². The highest BCUT2D eigenvalue weighted by Gasteiger charge is 2.12. The number of amides is 1. The lowest BCUT2D eigenvalue weighted by Gasteiger charge is -2.25. The summed E-state index contributed by atoms with van der Waals surface area (Å²) in [6.45, 7) is 10.8. The zero-order chi connectivity index (χ0) is 15.8. The molecule has 0 aromatic carbocycles. The number of hydrogen-bond donors (Lipinski definition) is 2. The Labute approximate surface area is 125 Å². The van der Waals surface area contributed by atoms with Crippen molar-refractivity contribution in [3.8, 4) is 0 Å². The average molecular weight is 285 g/mol.